The molecule has 0 aliphatic carbocycles. The third kappa shape index (κ3) is 6.59. The van der Waals surface area contributed by atoms with E-state index >= 15 is 0 Å². The van der Waals surface area contributed by atoms with Crippen LogP contribution in [0.2, 0.25) is 0 Å². The number of ether oxygens (including phenoxy) is 1. The third-order valence-corrected chi connectivity index (χ3v) is 7.21. The molecular weight excluding hydrogens is 488 g/mol. The highest BCUT2D eigenvalue weighted by molar-refractivity contribution is 7.89. The molecule has 3 N–H and O–H groups in total. The highest BCUT2D eigenvalue weighted by Crippen LogP contribution is 2.31. The van der Waals surface area contributed by atoms with E-state index in [-0.39, 0.29) is 17.4 Å². The standard InChI is InChI=1S/C24H26N4O7S/c1-15-4-3-5-19(10-15)36(33,34)27-20(23(30)31)14-26-22(29)12-18-11-21(28(2)24(32)35-18)17-8-6-16(13-25)7-9-17/h3-10,18,20-21,27H,11-12,14H2,1-2H3,(H,26,29)(H,30,31)/t18-,20-,21+/m0/s1. The zero-order chi connectivity index (χ0) is 26.5. The van der Waals surface area contributed by atoms with Gasteiger partial charge in [-0.15, -0.1) is 0 Å². The number of nitrogens with one attached hydrogen (secondary N) is 2. The van der Waals surface area contributed by atoms with Gasteiger partial charge in [0.15, 0.2) is 0 Å². The van der Waals surface area contributed by atoms with Gasteiger partial charge in [-0.1, -0.05) is 24.3 Å². The van der Waals surface area contributed by atoms with Crippen molar-refractivity contribution in [3.8, 4) is 6.07 Å². The molecule has 1 fully saturated rings. The summed E-state index contributed by atoms with van der Waals surface area (Å²) in [5.41, 5.74) is 1.93. The molecule has 0 unspecified atom stereocenters. The van der Waals surface area contributed by atoms with Crippen molar-refractivity contribution in [1.82, 2.24) is 14.9 Å². The molecule has 1 aliphatic rings. The monoisotopic (exact) mass is 514 g/mol. The van der Waals surface area contributed by atoms with Crippen molar-refractivity contribution in [2.45, 2.75) is 42.8 Å². The van der Waals surface area contributed by atoms with Gasteiger partial charge >= 0.3 is 12.1 Å². The third-order valence-electron chi connectivity index (χ3n) is 5.75. The molecule has 0 bridgehead atoms. The predicted molar refractivity (Wildman–Crippen MR) is 127 cm³/mol. The molecule has 1 aliphatic heterocycles. The van der Waals surface area contributed by atoms with Crippen LogP contribution < -0.4 is 10.0 Å². The highest BCUT2D eigenvalue weighted by atomic mass is 32.2. The summed E-state index contributed by atoms with van der Waals surface area (Å²) >= 11 is 0. The van der Waals surface area contributed by atoms with Gasteiger partial charge < -0.3 is 20.1 Å². The first-order chi connectivity index (χ1) is 17.0. The Hall–Kier alpha value is -3.95. The molecule has 1 heterocycles. The largest absolute Gasteiger partial charge is 0.480 e. The number of benzene rings is 2. The molecule has 0 saturated carbocycles. The van der Waals surface area contributed by atoms with Crippen LogP contribution in [-0.2, 0) is 24.3 Å². The minimum Gasteiger partial charge on any atom is -0.480 e. The molecule has 0 radical (unpaired) electrons. The normalized spacial score (nSPS) is 18.6. The van der Waals surface area contributed by atoms with Crippen molar-refractivity contribution in [1.29, 1.82) is 5.26 Å². The second-order valence-electron chi connectivity index (χ2n) is 8.44. The average molecular weight is 515 g/mol. The molecule has 3 atom stereocenters. The Morgan fingerprint density at radius 2 is 1.94 bits per heavy atom. The number of aryl methyl sites for hydroxylation is 1. The van der Waals surface area contributed by atoms with E-state index in [1.54, 1.807) is 44.3 Å². The Kier molecular flexibility index (Phi) is 8.29. The lowest BCUT2D eigenvalue weighted by Gasteiger charge is -2.36. The van der Waals surface area contributed by atoms with Crippen LogP contribution in [0, 0.1) is 18.3 Å². The number of sulfonamides is 1. The molecule has 12 heteroatoms. The van der Waals surface area contributed by atoms with E-state index in [0.29, 0.717) is 17.5 Å². The SMILES string of the molecule is Cc1cccc(S(=O)(=O)N[C@@H](CNC(=O)C[C@@H]2C[C@H](c3ccc(C#N)cc3)N(C)C(=O)O2)C(=O)O)c1. The number of carbonyl (C=O) groups is 3. The second kappa shape index (κ2) is 11.2. The fourth-order valence-corrected chi connectivity index (χ4v) is 5.08. The molecule has 2 aromatic rings. The topological polar surface area (TPSA) is 166 Å². The minimum atomic E-state index is -4.14. The summed E-state index contributed by atoms with van der Waals surface area (Å²) in [5, 5.41) is 20.8. The number of amides is 2. The Morgan fingerprint density at radius 3 is 2.56 bits per heavy atom. The number of cyclic esters (lactones) is 1. The van der Waals surface area contributed by atoms with Crippen molar-refractivity contribution in [3.63, 3.8) is 0 Å². The van der Waals surface area contributed by atoms with E-state index in [2.05, 4.69) is 10.0 Å². The fourth-order valence-electron chi connectivity index (χ4n) is 3.78. The van der Waals surface area contributed by atoms with Crippen LogP contribution in [0.4, 0.5) is 4.79 Å². The molecule has 2 amide bonds. The van der Waals surface area contributed by atoms with Gasteiger partial charge in [-0.05, 0) is 42.3 Å². The predicted octanol–water partition coefficient (Wildman–Crippen LogP) is 1.69. The zero-order valence-electron chi connectivity index (χ0n) is 19.7. The van der Waals surface area contributed by atoms with Crippen LogP contribution in [0.3, 0.4) is 0 Å². The van der Waals surface area contributed by atoms with Gasteiger partial charge in [0, 0.05) is 20.0 Å². The maximum atomic E-state index is 12.6. The number of carboxylic acid groups (broad SMARTS) is 1. The minimum absolute atomic E-state index is 0.0906. The Bertz CT molecular complexity index is 1290. The molecule has 3 rings (SSSR count). The first-order valence-corrected chi connectivity index (χ1v) is 12.5. The number of nitrogens with zero attached hydrogens (tertiary/aromatic N) is 2. The number of nitriles is 1. The van der Waals surface area contributed by atoms with Gasteiger partial charge in [0.1, 0.15) is 12.1 Å². The van der Waals surface area contributed by atoms with E-state index in [1.165, 1.54) is 23.1 Å². The van der Waals surface area contributed by atoms with Crippen molar-refractivity contribution >= 4 is 28.0 Å². The molecule has 11 nitrogen and oxygen atoms in total. The maximum absolute atomic E-state index is 12.6. The lowest BCUT2D eigenvalue weighted by molar-refractivity contribution is -0.138. The van der Waals surface area contributed by atoms with E-state index in [4.69, 9.17) is 10.00 Å². The molecule has 1 saturated heterocycles. The summed E-state index contributed by atoms with van der Waals surface area (Å²) in [6.07, 6.45) is -1.34. The smallest absolute Gasteiger partial charge is 0.410 e. The Balaban J connectivity index is 1.61. The van der Waals surface area contributed by atoms with E-state index < -0.39 is 46.7 Å². The second-order valence-corrected chi connectivity index (χ2v) is 10.2. The molecule has 190 valence electrons. The fraction of sp³-hybridized carbons (Fsp3) is 0.333. The average Bonchev–Trinajstić information content (AvgIpc) is 2.83. The molecule has 2 aromatic carbocycles. The maximum Gasteiger partial charge on any atom is 0.410 e. The van der Waals surface area contributed by atoms with E-state index in [9.17, 15) is 27.9 Å². The van der Waals surface area contributed by atoms with Crippen molar-refractivity contribution < 1.29 is 32.6 Å². The van der Waals surface area contributed by atoms with Crippen molar-refractivity contribution in [3.05, 3.63) is 65.2 Å². The quantitative estimate of drug-likeness (QED) is 0.455. The summed E-state index contributed by atoms with van der Waals surface area (Å²) in [6.45, 7) is 1.20. The summed E-state index contributed by atoms with van der Waals surface area (Å²) in [7, 11) is -2.57. The Labute approximate surface area is 208 Å². The summed E-state index contributed by atoms with van der Waals surface area (Å²) in [4.78, 5) is 37.8. The number of hydrogen-bond acceptors (Lipinski definition) is 7. The number of carbonyl (C=O) groups excluding carboxylic acids is 2. The number of carboxylic acids is 1. The molecular formula is C24H26N4O7S. The lowest BCUT2D eigenvalue weighted by Crippen LogP contribution is -2.49. The summed E-state index contributed by atoms with van der Waals surface area (Å²) < 4.78 is 32.5. The van der Waals surface area contributed by atoms with Gasteiger partial charge in [-0.25, -0.2) is 13.2 Å². The van der Waals surface area contributed by atoms with Crippen LogP contribution in [-0.4, -0.2) is 62.1 Å². The number of rotatable bonds is 9. The molecule has 0 spiro atoms. The molecule has 0 aromatic heterocycles. The number of aliphatic carboxylic acids is 1. The van der Waals surface area contributed by atoms with Gasteiger partial charge in [0.05, 0.1) is 29.0 Å². The van der Waals surface area contributed by atoms with Crippen molar-refractivity contribution in [2.24, 2.45) is 0 Å². The molecule has 36 heavy (non-hydrogen) atoms. The first kappa shape index (κ1) is 26.7. The van der Waals surface area contributed by atoms with E-state index in [1.807, 2.05) is 6.07 Å². The van der Waals surface area contributed by atoms with Gasteiger partial charge in [0.25, 0.3) is 0 Å². The Morgan fingerprint density at radius 1 is 1.25 bits per heavy atom. The zero-order valence-corrected chi connectivity index (χ0v) is 20.5. The van der Waals surface area contributed by atoms with Crippen LogP contribution >= 0.6 is 0 Å². The van der Waals surface area contributed by atoms with Crippen LogP contribution in [0.5, 0.6) is 0 Å². The van der Waals surface area contributed by atoms with Crippen LogP contribution in [0.25, 0.3) is 0 Å². The van der Waals surface area contributed by atoms with Gasteiger partial charge in [-0.2, -0.15) is 9.98 Å². The van der Waals surface area contributed by atoms with Crippen LogP contribution in [0.1, 0.15) is 35.6 Å². The highest BCUT2D eigenvalue weighted by Gasteiger charge is 2.35. The summed E-state index contributed by atoms with van der Waals surface area (Å²) in [6, 6.07) is 12.7. The summed E-state index contributed by atoms with van der Waals surface area (Å²) in [5.74, 6) is -2.06. The van der Waals surface area contributed by atoms with Gasteiger partial charge in [-0.3, -0.25) is 9.59 Å². The van der Waals surface area contributed by atoms with Crippen LogP contribution in [0.15, 0.2) is 53.4 Å². The number of hydrogen-bond donors (Lipinski definition) is 3. The van der Waals surface area contributed by atoms with Gasteiger partial charge in [0.2, 0.25) is 15.9 Å². The lowest BCUT2D eigenvalue weighted by atomic mass is 9.96. The van der Waals surface area contributed by atoms with E-state index in [0.717, 1.165) is 5.56 Å². The first-order valence-electron chi connectivity index (χ1n) is 11.0. The van der Waals surface area contributed by atoms with Crippen molar-refractivity contribution in [2.75, 3.05) is 13.6 Å².